The van der Waals surface area contributed by atoms with Crippen LogP contribution in [0.3, 0.4) is 0 Å². The molecular weight excluding hydrogens is 364 g/mol. The van der Waals surface area contributed by atoms with E-state index in [2.05, 4.69) is 21.2 Å². The number of rotatable bonds is 3. The number of anilines is 2. The second-order valence-electron chi connectivity index (χ2n) is 4.93. The summed E-state index contributed by atoms with van der Waals surface area (Å²) in [6.45, 7) is 1.93. The van der Waals surface area contributed by atoms with Crippen molar-refractivity contribution in [1.82, 2.24) is 0 Å². The summed E-state index contributed by atoms with van der Waals surface area (Å²) >= 11 is 4.38. The standard InChI is InChI=1S/C16H13BrN2O2S/c1-10-4-2-7-13(8-10)19-15(20)14(22-16(19)21)18-12-6-3-5-11(17)9-12/h2-9,14,18H,1H3. The molecule has 0 aliphatic carbocycles. The van der Waals surface area contributed by atoms with Crippen LogP contribution in [0.15, 0.2) is 53.0 Å². The first-order valence-electron chi connectivity index (χ1n) is 6.68. The third-order valence-electron chi connectivity index (χ3n) is 3.23. The SMILES string of the molecule is Cc1cccc(N2C(=O)SC(Nc3cccc(Br)c3)C2=O)c1. The number of nitrogens with one attached hydrogen (secondary N) is 1. The van der Waals surface area contributed by atoms with Gasteiger partial charge in [-0.15, -0.1) is 0 Å². The molecule has 22 heavy (non-hydrogen) atoms. The molecule has 6 heteroatoms. The van der Waals surface area contributed by atoms with Crippen LogP contribution in [0.25, 0.3) is 0 Å². The van der Waals surface area contributed by atoms with Crippen molar-refractivity contribution in [2.45, 2.75) is 12.3 Å². The van der Waals surface area contributed by atoms with Gasteiger partial charge in [0.15, 0.2) is 5.37 Å². The van der Waals surface area contributed by atoms with Crippen LogP contribution in [0.2, 0.25) is 0 Å². The van der Waals surface area contributed by atoms with Crippen LogP contribution in [-0.4, -0.2) is 16.5 Å². The van der Waals surface area contributed by atoms with Crippen molar-refractivity contribution >= 4 is 50.2 Å². The number of halogens is 1. The Morgan fingerprint density at radius 3 is 2.64 bits per heavy atom. The van der Waals surface area contributed by atoms with Gasteiger partial charge in [0.1, 0.15) is 0 Å². The second kappa shape index (κ2) is 6.14. The van der Waals surface area contributed by atoms with E-state index in [0.29, 0.717) is 5.69 Å². The van der Waals surface area contributed by atoms with Crippen molar-refractivity contribution in [1.29, 1.82) is 0 Å². The Kier molecular flexibility index (Phi) is 4.22. The fourth-order valence-electron chi connectivity index (χ4n) is 2.23. The molecule has 1 saturated heterocycles. The number of benzene rings is 2. The summed E-state index contributed by atoms with van der Waals surface area (Å²) in [5.74, 6) is -0.249. The zero-order chi connectivity index (χ0) is 15.7. The number of hydrogen-bond donors (Lipinski definition) is 1. The molecule has 0 saturated carbocycles. The number of thioether (sulfide) groups is 1. The lowest BCUT2D eigenvalue weighted by Gasteiger charge is -2.15. The predicted molar refractivity (Wildman–Crippen MR) is 93.2 cm³/mol. The maximum atomic E-state index is 12.5. The van der Waals surface area contributed by atoms with Crippen LogP contribution in [0.4, 0.5) is 16.2 Å². The minimum Gasteiger partial charge on any atom is -0.365 e. The lowest BCUT2D eigenvalue weighted by molar-refractivity contribution is -0.116. The molecule has 0 radical (unpaired) electrons. The highest BCUT2D eigenvalue weighted by molar-refractivity contribution is 9.10. The molecule has 4 nitrogen and oxygen atoms in total. The largest absolute Gasteiger partial charge is 0.365 e. The first-order valence-corrected chi connectivity index (χ1v) is 8.35. The van der Waals surface area contributed by atoms with Gasteiger partial charge in [-0.2, -0.15) is 0 Å². The average molecular weight is 377 g/mol. The Balaban J connectivity index is 1.82. The van der Waals surface area contributed by atoms with Gasteiger partial charge in [0.2, 0.25) is 0 Å². The van der Waals surface area contributed by atoms with Crippen LogP contribution in [0.5, 0.6) is 0 Å². The molecule has 0 bridgehead atoms. The maximum Gasteiger partial charge on any atom is 0.295 e. The van der Waals surface area contributed by atoms with Crippen molar-refractivity contribution in [2.75, 3.05) is 10.2 Å². The van der Waals surface area contributed by atoms with E-state index in [1.54, 1.807) is 6.07 Å². The van der Waals surface area contributed by atoms with Crippen LogP contribution < -0.4 is 10.2 Å². The Labute approximate surface area is 141 Å². The topological polar surface area (TPSA) is 49.4 Å². The van der Waals surface area contributed by atoms with Gasteiger partial charge in [0, 0.05) is 10.2 Å². The van der Waals surface area contributed by atoms with E-state index in [4.69, 9.17) is 0 Å². The number of nitrogens with zero attached hydrogens (tertiary/aromatic N) is 1. The van der Waals surface area contributed by atoms with E-state index in [0.717, 1.165) is 27.5 Å². The number of amides is 2. The molecule has 1 N–H and O–H groups in total. The minimum absolute atomic E-state index is 0.249. The lowest BCUT2D eigenvalue weighted by atomic mass is 10.2. The van der Waals surface area contributed by atoms with Crippen molar-refractivity contribution in [3.05, 3.63) is 58.6 Å². The number of aryl methyl sites for hydroxylation is 1. The fourth-order valence-corrected chi connectivity index (χ4v) is 3.53. The van der Waals surface area contributed by atoms with Crippen LogP contribution in [-0.2, 0) is 4.79 Å². The summed E-state index contributed by atoms with van der Waals surface area (Å²) in [4.78, 5) is 25.9. The van der Waals surface area contributed by atoms with E-state index in [9.17, 15) is 9.59 Å². The molecule has 112 valence electrons. The van der Waals surface area contributed by atoms with Crippen molar-refractivity contribution in [3.63, 3.8) is 0 Å². The van der Waals surface area contributed by atoms with E-state index >= 15 is 0 Å². The van der Waals surface area contributed by atoms with Crippen LogP contribution in [0, 0.1) is 6.92 Å². The van der Waals surface area contributed by atoms with E-state index in [-0.39, 0.29) is 11.1 Å². The van der Waals surface area contributed by atoms with Gasteiger partial charge >= 0.3 is 0 Å². The summed E-state index contributed by atoms with van der Waals surface area (Å²) in [6, 6.07) is 14.9. The quantitative estimate of drug-likeness (QED) is 0.862. The third kappa shape index (κ3) is 3.03. The number of hydrogen-bond acceptors (Lipinski definition) is 4. The van der Waals surface area contributed by atoms with Crippen molar-refractivity contribution in [3.8, 4) is 0 Å². The molecule has 1 aliphatic rings. The summed E-state index contributed by atoms with van der Waals surface area (Å²) in [7, 11) is 0. The minimum atomic E-state index is -0.609. The molecule has 1 atom stereocenters. The third-order valence-corrected chi connectivity index (χ3v) is 4.66. The van der Waals surface area contributed by atoms with E-state index < -0.39 is 5.37 Å². The summed E-state index contributed by atoms with van der Waals surface area (Å²) in [5.41, 5.74) is 2.41. The van der Waals surface area contributed by atoms with Crippen LogP contribution in [0.1, 0.15) is 5.56 Å². The van der Waals surface area contributed by atoms with Gasteiger partial charge in [-0.3, -0.25) is 9.59 Å². The van der Waals surface area contributed by atoms with Gasteiger partial charge < -0.3 is 5.32 Å². The molecule has 2 amide bonds. The van der Waals surface area contributed by atoms with E-state index in [1.807, 2.05) is 49.4 Å². The molecule has 0 aromatic heterocycles. The Hall–Kier alpha value is -1.79. The molecule has 0 spiro atoms. The molecule has 1 unspecified atom stereocenters. The fraction of sp³-hybridized carbons (Fsp3) is 0.125. The molecule has 2 aromatic rings. The van der Waals surface area contributed by atoms with Gasteiger partial charge in [-0.1, -0.05) is 34.1 Å². The molecule has 3 rings (SSSR count). The Morgan fingerprint density at radius 1 is 1.14 bits per heavy atom. The molecular formula is C16H13BrN2O2S. The predicted octanol–water partition coefficient (Wildman–Crippen LogP) is 4.40. The average Bonchev–Trinajstić information content (AvgIpc) is 2.73. The molecule has 1 fully saturated rings. The molecule has 1 aliphatic heterocycles. The number of imide groups is 1. The van der Waals surface area contributed by atoms with Gasteiger partial charge in [-0.25, -0.2) is 4.90 Å². The van der Waals surface area contributed by atoms with E-state index in [1.165, 1.54) is 4.90 Å². The first-order chi connectivity index (χ1) is 10.5. The monoisotopic (exact) mass is 376 g/mol. The number of carbonyl (C=O) groups excluding carboxylic acids is 2. The maximum absolute atomic E-state index is 12.5. The van der Waals surface area contributed by atoms with Crippen molar-refractivity contribution in [2.24, 2.45) is 0 Å². The molecule has 1 heterocycles. The zero-order valence-corrected chi connectivity index (χ0v) is 14.1. The van der Waals surface area contributed by atoms with Crippen molar-refractivity contribution < 1.29 is 9.59 Å². The Morgan fingerprint density at radius 2 is 1.91 bits per heavy atom. The summed E-state index contributed by atoms with van der Waals surface area (Å²) < 4.78 is 0.912. The number of carbonyl (C=O) groups is 2. The normalized spacial score (nSPS) is 17.9. The highest BCUT2D eigenvalue weighted by atomic mass is 79.9. The second-order valence-corrected chi connectivity index (χ2v) is 6.90. The first kappa shape index (κ1) is 15.1. The highest BCUT2D eigenvalue weighted by Gasteiger charge is 2.40. The van der Waals surface area contributed by atoms with Gasteiger partial charge in [0.25, 0.3) is 11.1 Å². The zero-order valence-electron chi connectivity index (χ0n) is 11.7. The lowest BCUT2D eigenvalue weighted by Crippen LogP contribution is -2.34. The highest BCUT2D eigenvalue weighted by Crippen LogP contribution is 2.33. The van der Waals surface area contributed by atoms with Gasteiger partial charge in [-0.05, 0) is 54.6 Å². The van der Waals surface area contributed by atoms with Gasteiger partial charge in [0.05, 0.1) is 5.69 Å². The van der Waals surface area contributed by atoms with Crippen LogP contribution >= 0.6 is 27.7 Å². The summed E-state index contributed by atoms with van der Waals surface area (Å²) in [5, 5.41) is 2.23. The summed E-state index contributed by atoms with van der Waals surface area (Å²) in [6.07, 6.45) is 0. The smallest absolute Gasteiger partial charge is 0.295 e. The molecule has 2 aromatic carbocycles. The Bertz CT molecular complexity index is 750.